The van der Waals surface area contributed by atoms with Crippen molar-refractivity contribution >= 4 is 10.1 Å². The molecule has 0 spiro atoms. The minimum Gasteiger partial charge on any atom is -0.748 e. The Kier molecular flexibility index (Phi) is 67.9. The van der Waals surface area contributed by atoms with Crippen LogP contribution in [0.15, 0.2) is 0 Å². The normalized spacial score (nSPS) is 12.2. The van der Waals surface area contributed by atoms with Gasteiger partial charge in [-0.1, -0.05) is 406 Å². The van der Waals surface area contributed by atoms with Crippen molar-refractivity contribution in [1.82, 2.24) is 0 Å². The maximum absolute atomic E-state index is 11.8. The smallest absolute Gasteiger partial charge is 0.0948 e. The zero-order valence-corrected chi connectivity index (χ0v) is 56.8. The van der Waals surface area contributed by atoms with Crippen LogP contribution in [0.25, 0.3) is 0 Å². The summed E-state index contributed by atoms with van der Waals surface area (Å²) < 4.78 is 36.6. The third-order valence-corrected chi connectivity index (χ3v) is 19.8. The van der Waals surface area contributed by atoms with E-state index in [1.807, 2.05) is 0 Å². The van der Waals surface area contributed by atoms with Gasteiger partial charge in [0.25, 0.3) is 0 Å². The average molecular weight is 1150 g/mol. The number of unbranched alkanes of at least 4 members (excludes halogenated alkanes) is 63. The van der Waals surface area contributed by atoms with Gasteiger partial charge in [-0.25, -0.2) is 8.42 Å². The average Bonchev–Trinajstić information content (AvgIpc) is 3.44. The molecule has 0 heterocycles. The van der Waals surface area contributed by atoms with Gasteiger partial charge in [0.05, 0.1) is 36.3 Å². The van der Waals surface area contributed by atoms with E-state index in [2.05, 4.69) is 20.8 Å². The Labute approximate surface area is 507 Å². The van der Waals surface area contributed by atoms with E-state index in [9.17, 15) is 13.0 Å². The van der Waals surface area contributed by atoms with Crippen molar-refractivity contribution in [2.75, 3.05) is 31.9 Å². The predicted molar refractivity (Wildman–Crippen MR) is 361 cm³/mol. The van der Waals surface area contributed by atoms with Crippen LogP contribution in [0.4, 0.5) is 0 Å². The lowest BCUT2D eigenvalue weighted by Gasteiger charge is -2.40. The first-order valence-corrected chi connectivity index (χ1v) is 39.8. The van der Waals surface area contributed by atoms with E-state index in [1.54, 1.807) is 0 Å². The Morgan fingerprint density at radius 3 is 0.425 bits per heavy atom. The largest absolute Gasteiger partial charge is 0.748 e. The summed E-state index contributed by atoms with van der Waals surface area (Å²) in [7, 11) is -4.18. The summed E-state index contributed by atoms with van der Waals surface area (Å²) in [6.07, 6.45) is 93.9. The lowest BCUT2D eigenvalue weighted by molar-refractivity contribution is -0.928. The number of nitrogens with zero attached hydrogens (tertiary/aromatic N) is 1. The van der Waals surface area contributed by atoms with Gasteiger partial charge in [-0.2, -0.15) is 0 Å². The van der Waals surface area contributed by atoms with Crippen LogP contribution in [0.1, 0.15) is 451 Å². The molecular formula is C75H153NO3S. The van der Waals surface area contributed by atoms with Crippen LogP contribution in [0.5, 0.6) is 0 Å². The van der Waals surface area contributed by atoms with Crippen LogP contribution in [0.2, 0.25) is 0 Å². The number of hydrogen-bond donors (Lipinski definition) is 0. The van der Waals surface area contributed by atoms with Crippen LogP contribution < -0.4 is 0 Å². The lowest BCUT2D eigenvalue weighted by Crippen LogP contribution is -2.51. The molecule has 0 rings (SSSR count). The second-order valence-corrected chi connectivity index (χ2v) is 28.6. The summed E-state index contributed by atoms with van der Waals surface area (Å²) in [6.45, 7) is 11.3. The molecule has 0 saturated heterocycles. The van der Waals surface area contributed by atoms with E-state index in [1.165, 1.54) is 443 Å². The van der Waals surface area contributed by atoms with Gasteiger partial charge < -0.3 is 9.04 Å². The lowest BCUT2D eigenvalue weighted by atomic mass is 10.0. The highest BCUT2D eigenvalue weighted by Crippen LogP contribution is 2.23. The van der Waals surface area contributed by atoms with E-state index in [0.717, 1.165) is 11.0 Å². The summed E-state index contributed by atoms with van der Waals surface area (Å²) in [4.78, 5) is 0. The second kappa shape index (κ2) is 68.0. The van der Waals surface area contributed by atoms with Gasteiger partial charge in [0.2, 0.25) is 0 Å². The molecule has 80 heavy (non-hydrogen) atoms. The molecule has 0 aromatic rings. The van der Waals surface area contributed by atoms with Crippen LogP contribution in [-0.4, -0.2) is 49.4 Å². The van der Waals surface area contributed by atoms with Crippen molar-refractivity contribution < 1.29 is 17.5 Å². The van der Waals surface area contributed by atoms with Crippen molar-refractivity contribution in [3.8, 4) is 0 Å². The topological polar surface area (TPSA) is 57.2 Å². The highest BCUT2D eigenvalue weighted by Gasteiger charge is 2.26. The SMILES string of the molecule is CCCCCCCCCCCCCCCCCCCCCCCC[N+](CCCCCCCCCCCCCCCCCCCCCCCC)(CCCCCCCCCCCCCCCCCCCCCCCC)CCCS(=O)(=O)[O-]. The minimum atomic E-state index is -4.18. The Hall–Kier alpha value is -0.130. The van der Waals surface area contributed by atoms with E-state index in [-0.39, 0.29) is 5.75 Å². The van der Waals surface area contributed by atoms with E-state index in [0.29, 0.717) is 6.42 Å². The molecule has 0 atom stereocenters. The molecule has 4 nitrogen and oxygen atoms in total. The molecule has 0 aliphatic heterocycles. The van der Waals surface area contributed by atoms with Crippen LogP contribution >= 0.6 is 0 Å². The Morgan fingerprint density at radius 1 is 0.188 bits per heavy atom. The highest BCUT2D eigenvalue weighted by molar-refractivity contribution is 7.85. The molecule has 0 aromatic heterocycles. The van der Waals surface area contributed by atoms with Gasteiger partial charge in [-0.15, -0.1) is 0 Å². The van der Waals surface area contributed by atoms with Crippen molar-refractivity contribution in [2.45, 2.75) is 451 Å². The molecular weight excluding hydrogens is 995 g/mol. The molecule has 0 bridgehead atoms. The van der Waals surface area contributed by atoms with E-state index >= 15 is 0 Å². The summed E-state index contributed by atoms with van der Waals surface area (Å²) in [5.74, 6) is -0.189. The fraction of sp³-hybridized carbons (Fsp3) is 1.00. The molecule has 482 valence electrons. The summed E-state index contributed by atoms with van der Waals surface area (Å²) >= 11 is 0. The third kappa shape index (κ3) is 67.0. The molecule has 0 fully saturated rings. The maximum Gasteiger partial charge on any atom is 0.0948 e. The fourth-order valence-corrected chi connectivity index (χ4v) is 13.9. The minimum absolute atomic E-state index is 0.189. The Morgan fingerprint density at radius 2 is 0.300 bits per heavy atom. The quantitative estimate of drug-likeness (QED) is 0.0346. The first-order valence-electron chi connectivity index (χ1n) is 38.2. The van der Waals surface area contributed by atoms with Crippen LogP contribution in [-0.2, 0) is 10.1 Å². The van der Waals surface area contributed by atoms with Gasteiger partial charge in [-0.05, 0) is 38.5 Å². The summed E-state index contributed by atoms with van der Waals surface area (Å²) in [5.41, 5.74) is 0. The van der Waals surface area contributed by atoms with E-state index < -0.39 is 10.1 Å². The zero-order chi connectivity index (χ0) is 57.9. The number of rotatable bonds is 73. The maximum atomic E-state index is 11.8. The molecule has 0 aliphatic carbocycles. The fourth-order valence-electron chi connectivity index (χ4n) is 13.4. The van der Waals surface area contributed by atoms with Crippen molar-refractivity contribution in [3.63, 3.8) is 0 Å². The molecule has 0 aromatic carbocycles. The van der Waals surface area contributed by atoms with E-state index in [4.69, 9.17) is 0 Å². The van der Waals surface area contributed by atoms with Crippen molar-refractivity contribution in [1.29, 1.82) is 0 Å². The van der Waals surface area contributed by atoms with Gasteiger partial charge in [-0.3, -0.25) is 0 Å². The molecule has 5 heteroatoms. The summed E-state index contributed by atoms with van der Waals surface area (Å²) in [6, 6.07) is 0. The van der Waals surface area contributed by atoms with Gasteiger partial charge in [0, 0.05) is 12.2 Å². The second-order valence-electron chi connectivity index (χ2n) is 27.1. The third-order valence-electron chi connectivity index (χ3n) is 19.0. The van der Waals surface area contributed by atoms with Gasteiger partial charge in [0.15, 0.2) is 0 Å². The first kappa shape index (κ1) is 79.9. The Balaban J connectivity index is 4.58. The summed E-state index contributed by atoms with van der Waals surface area (Å²) in [5, 5.41) is 0. The van der Waals surface area contributed by atoms with Gasteiger partial charge in [0.1, 0.15) is 0 Å². The van der Waals surface area contributed by atoms with Crippen molar-refractivity contribution in [3.05, 3.63) is 0 Å². The monoisotopic (exact) mass is 1150 g/mol. The molecule has 0 aliphatic rings. The van der Waals surface area contributed by atoms with Gasteiger partial charge >= 0.3 is 0 Å². The molecule has 0 N–H and O–H groups in total. The van der Waals surface area contributed by atoms with Crippen LogP contribution in [0.3, 0.4) is 0 Å². The molecule has 0 amide bonds. The predicted octanol–water partition coefficient (Wildman–Crippen LogP) is 26.5. The number of quaternary nitrogens is 1. The molecule has 0 saturated carbocycles. The zero-order valence-electron chi connectivity index (χ0n) is 56.0. The molecule has 0 radical (unpaired) electrons. The number of hydrogen-bond acceptors (Lipinski definition) is 3. The first-order chi connectivity index (χ1) is 39.4. The van der Waals surface area contributed by atoms with Crippen LogP contribution in [0, 0.1) is 0 Å². The van der Waals surface area contributed by atoms with Crippen molar-refractivity contribution in [2.24, 2.45) is 0 Å². The Bertz CT molecular complexity index is 1110. The molecule has 0 unspecified atom stereocenters. The standard InChI is InChI=1S/C75H153NO3S/c1-4-7-10-13-16-19-22-25-28-31-34-37-40-43-46-49-52-55-58-61-64-67-71-76(74-70-75-80(77,78)79,72-68-65-62-59-56-53-50-47-44-41-38-35-32-29-26-23-20-17-14-11-8-5-2)73-69-66-63-60-57-54-51-48-45-42-39-36-33-30-27-24-21-18-15-12-9-6-3/h4-75H2,1-3H3. The highest BCUT2D eigenvalue weighted by atomic mass is 32.2.